The second-order valence-electron chi connectivity index (χ2n) is 6.67. The number of amides is 1. The van der Waals surface area contributed by atoms with Crippen LogP contribution in [0, 0.1) is 11.7 Å². The van der Waals surface area contributed by atoms with Gasteiger partial charge in [0, 0.05) is 24.1 Å². The summed E-state index contributed by atoms with van der Waals surface area (Å²) >= 11 is 0. The number of hydrogen-bond acceptors (Lipinski definition) is 3. The van der Waals surface area contributed by atoms with E-state index >= 15 is 0 Å². The summed E-state index contributed by atoms with van der Waals surface area (Å²) in [4.78, 5) is 14.5. The van der Waals surface area contributed by atoms with Crippen LogP contribution in [-0.4, -0.2) is 22.5 Å². The molecule has 128 valence electrons. The second-order valence-corrected chi connectivity index (χ2v) is 6.67. The first-order chi connectivity index (χ1) is 11.6. The maximum absolute atomic E-state index is 13.1. The van der Waals surface area contributed by atoms with E-state index < -0.39 is 0 Å². The Kier molecular flexibility index (Phi) is 4.97. The predicted molar refractivity (Wildman–Crippen MR) is 89.7 cm³/mol. The number of rotatable bonds is 3. The first-order valence-corrected chi connectivity index (χ1v) is 8.59. The Balaban J connectivity index is 1.88. The number of benzene rings is 1. The molecule has 1 aliphatic heterocycles. The Bertz CT molecular complexity index is 694. The minimum absolute atomic E-state index is 0.0333. The average molecular weight is 330 g/mol. The topological polar surface area (TPSA) is 46.3 Å². The van der Waals surface area contributed by atoms with Crippen molar-refractivity contribution in [3.63, 3.8) is 0 Å². The van der Waals surface area contributed by atoms with Crippen LogP contribution in [0.15, 0.2) is 34.9 Å². The van der Waals surface area contributed by atoms with Crippen molar-refractivity contribution in [3.05, 3.63) is 41.8 Å². The lowest BCUT2D eigenvalue weighted by molar-refractivity contribution is -0.137. The summed E-state index contributed by atoms with van der Waals surface area (Å²) in [7, 11) is 0. The monoisotopic (exact) mass is 330 g/mol. The molecule has 0 unspecified atom stereocenters. The predicted octanol–water partition coefficient (Wildman–Crippen LogP) is 4.58. The number of carbonyl (C=O) groups is 1. The highest BCUT2D eigenvalue weighted by Crippen LogP contribution is 2.33. The third-order valence-electron chi connectivity index (χ3n) is 4.53. The van der Waals surface area contributed by atoms with Gasteiger partial charge in [-0.1, -0.05) is 31.8 Å². The van der Waals surface area contributed by atoms with Crippen molar-refractivity contribution in [2.75, 3.05) is 6.54 Å². The summed E-state index contributed by atoms with van der Waals surface area (Å²) < 4.78 is 18.5. The highest BCUT2D eigenvalue weighted by molar-refractivity contribution is 5.78. The first-order valence-electron chi connectivity index (χ1n) is 8.59. The van der Waals surface area contributed by atoms with E-state index in [1.165, 1.54) is 12.1 Å². The molecule has 3 rings (SSSR count). The van der Waals surface area contributed by atoms with Crippen LogP contribution in [0.4, 0.5) is 4.39 Å². The normalized spacial score (nSPS) is 18.7. The standard InChI is InChI=1S/C19H23FN2O2/c1-13(2)19(23)22-11-5-3-4-6-17(22)16-12-18(24-21-16)14-7-9-15(20)10-8-14/h7-10,12-13,17H,3-6,11H2,1-2H3/t17-/m0/s1. The van der Waals surface area contributed by atoms with Gasteiger partial charge in [0.1, 0.15) is 11.5 Å². The highest BCUT2D eigenvalue weighted by atomic mass is 19.1. The number of nitrogens with zero attached hydrogens (tertiary/aromatic N) is 2. The molecule has 0 saturated carbocycles. The lowest BCUT2D eigenvalue weighted by atomic mass is 10.0. The molecule has 5 heteroatoms. The zero-order valence-corrected chi connectivity index (χ0v) is 14.2. The molecule has 0 aliphatic carbocycles. The molecular formula is C19H23FN2O2. The minimum atomic E-state index is -0.282. The van der Waals surface area contributed by atoms with Gasteiger partial charge in [0.15, 0.2) is 5.76 Å². The fraction of sp³-hybridized carbons (Fsp3) is 0.474. The smallest absolute Gasteiger partial charge is 0.225 e. The molecule has 2 heterocycles. The SMILES string of the molecule is CC(C)C(=O)N1CCCCC[C@H]1c1cc(-c2ccc(F)cc2)on1. The Morgan fingerprint density at radius 3 is 2.71 bits per heavy atom. The third-order valence-corrected chi connectivity index (χ3v) is 4.53. The van der Waals surface area contributed by atoms with Crippen molar-refractivity contribution in [1.82, 2.24) is 10.1 Å². The molecule has 1 atom stereocenters. The summed E-state index contributed by atoms with van der Waals surface area (Å²) in [5.74, 6) is 0.449. The Hall–Kier alpha value is -2.17. The van der Waals surface area contributed by atoms with Gasteiger partial charge in [-0.25, -0.2) is 4.39 Å². The van der Waals surface area contributed by atoms with Crippen LogP contribution in [0.25, 0.3) is 11.3 Å². The number of carbonyl (C=O) groups excluding carboxylic acids is 1. The van der Waals surface area contributed by atoms with E-state index in [0.717, 1.165) is 43.5 Å². The molecule has 1 amide bonds. The maximum atomic E-state index is 13.1. The van der Waals surface area contributed by atoms with Crippen molar-refractivity contribution >= 4 is 5.91 Å². The molecule has 0 spiro atoms. The van der Waals surface area contributed by atoms with E-state index in [2.05, 4.69) is 5.16 Å². The van der Waals surface area contributed by atoms with Gasteiger partial charge in [-0.3, -0.25) is 4.79 Å². The lowest BCUT2D eigenvalue weighted by Crippen LogP contribution is -2.37. The van der Waals surface area contributed by atoms with Gasteiger partial charge in [-0.05, 0) is 37.1 Å². The van der Waals surface area contributed by atoms with Gasteiger partial charge in [-0.2, -0.15) is 0 Å². The molecule has 1 aromatic carbocycles. The van der Waals surface area contributed by atoms with E-state index in [4.69, 9.17) is 4.52 Å². The molecule has 0 bridgehead atoms. The number of hydrogen-bond donors (Lipinski definition) is 0. The minimum Gasteiger partial charge on any atom is -0.356 e. The van der Waals surface area contributed by atoms with Crippen LogP contribution < -0.4 is 0 Å². The van der Waals surface area contributed by atoms with Crippen LogP contribution >= 0.6 is 0 Å². The van der Waals surface area contributed by atoms with Crippen molar-refractivity contribution in [2.45, 2.75) is 45.6 Å². The quantitative estimate of drug-likeness (QED) is 0.827. The van der Waals surface area contributed by atoms with Crippen molar-refractivity contribution in [1.29, 1.82) is 0 Å². The molecule has 4 nitrogen and oxygen atoms in total. The van der Waals surface area contributed by atoms with Crippen molar-refractivity contribution in [3.8, 4) is 11.3 Å². The van der Waals surface area contributed by atoms with Crippen LogP contribution in [-0.2, 0) is 4.79 Å². The van der Waals surface area contributed by atoms with Gasteiger partial charge >= 0.3 is 0 Å². The second kappa shape index (κ2) is 7.16. The molecule has 1 fully saturated rings. The van der Waals surface area contributed by atoms with Crippen LogP contribution in [0.3, 0.4) is 0 Å². The molecule has 1 aromatic heterocycles. The average Bonchev–Trinajstić information content (AvgIpc) is 2.92. The molecule has 24 heavy (non-hydrogen) atoms. The van der Waals surface area contributed by atoms with E-state index in [0.29, 0.717) is 5.76 Å². The van der Waals surface area contributed by atoms with Gasteiger partial charge in [-0.15, -0.1) is 0 Å². The number of likely N-dealkylation sites (tertiary alicyclic amines) is 1. The summed E-state index contributed by atoms with van der Waals surface area (Å²) in [5.41, 5.74) is 1.57. The fourth-order valence-electron chi connectivity index (χ4n) is 3.21. The Morgan fingerprint density at radius 1 is 1.25 bits per heavy atom. The zero-order chi connectivity index (χ0) is 17.1. The van der Waals surface area contributed by atoms with Gasteiger partial charge < -0.3 is 9.42 Å². The summed E-state index contributed by atoms with van der Waals surface area (Å²) in [6.07, 6.45) is 4.12. The first kappa shape index (κ1) is 16.7. The van der Waals surface area contributed by atoms with Crippen LogP contribution in [0.5, 0.6) is 0 Å². The number of aromatic nitrogens is 1. The molecule has 1 aliphatic rings. The van der Waals surface area contributed by atoms with E-state index in [1.54, 1.807) is 12.1 Å². The summed E-state index contributed by atoms with van der Waals surface area (Å²) in [6, 6.07) is 7.98. The maximum Gasteiger partial charge on any atom is 0.225 e. The summed E-state index contributed by atoms with van der Waals surface area (Å²) in [6.45, 7) is 4.62. The molecule has 2 aromatic rings. The van der Waals surface area contributed by atoms with Crippen LogP contribution in [0.1, 0.15) is 51.3 Å². The molecule has 0 N–H and O–H groups in total. The fourth-order valence-corrected chi connectivity index (χ4v) is 3.21. The van der Waals surface area contributed by atoms with E-state index in [1.807, 2.05) is 24.8 Å². The Morgan fingerprint density at radius 2 is 2.00 bits per heavy atom. The van der Waals surface area contributed by atoms with Gasteiger partial charge in [0.25, 0.3) is 0 Å². The van der Waals surface area contributed by atoms with E-state index in [-0.39, 0.29) is 23.7 Å². The van der Waals surface area contributed by atoms with Crippen molar-refractivity contribution in [2.24, 2.45) is 5.92 Å². The number of halogens is 1. The summed E-state index contributed by atoms with van der Waals surface area (Å²) in [5, 5.41) is 4.21. The molecule has 0 radical (unpaired) electrons. The Labute approximate surface area is 141 Å². The van der Waals surface area contributed by atoms with Crippen molar-refractivity contribution < 1.29 is 13.7 Å². The van der Waals surface area contributed by atoms with E-state index in [9.17, 15) is 9.18 Å². The highest BCUT2D eigenvalue weighted by Gasteiger charge is 2.30. The largest absolute Gasteiger partial charge is 0.356 e. The zero-order valence-electron chi connectivity index (χ0n) is 14.2. The van der Waals surface area contributed by atoms with Crippen LogP contribution in [0.2, 0.25) is 0 Å². The lowest BCUT2D eigenvalue weighted by Gasteiger charge is -2.30. The van der Waals surface area contributed by atoms with Gasteiger partial charge in [0.05, 0.1) is 6.04 Å². The molecule has 1 saturated heterocycles. The molecular weight excluding hydrogens is 307 g/mol. The van der Waals surface area contributed by atoms with Gasteiger partial charge in [0.2, 0.25) is 5.91 Å². The third kappa shape index (κ3) is 3.50.